The van der Waals surface area contributed by atoms with Crippen molar-refractivity contribution in [1.29, 1.82) is 0 Å². The zero-order chi connectivity index (χ0) is 9.97. The van der Waals surface area contributed by atoms with E-state index < -0.39 is 0 Å². The van der Waals surface area contributed by atoms with Gasteiger partial charge in [0.05, 0.1) is 5.60 Å². The van der Waals surface area contributed by atoms with Crippen molar-refractivity contribution >= 4 is 0 Å². The highest BCUT2D eigenvalue weighted by atomic mass is 16.3. The second kappa shape index (κ2) is 2.53. The van der Waals surface area contributed by atoms with Gasteiger partial charge in [-0.2, -0.15) is 0 Å². The molecule has 0 aromatic carbocycles. The van der Waals surface area contributed by atoms with Gasteiger partial charge in [-0.1, -0.05) is 0 Å². The van der Waals surface area contributed by atoms with Crippen LogP contribution in [0.5, 0.6) is 0 Å². The molecule has 4 aliphatic rings. The molecule has 0 amide bonds. The lowest BCUT2D eigenvalue weighted by molar-refractivity contribution is -0.167. The Bertz CT molecular complexity index is 247. The second-order valence-corrected chi connectivity index (χ2v) is 6.30. The minimum atomic E-state index is -0.297. The topological polar surface area (TPSA) is 23.5 Å². The molecule has 0 aliphatic heterocycles. The zero-order valence-electron chi connectivity index (χ0n) is 9.29. The van der Waals surface area contributed by atoms with Crippen molar-refractivity contribution in [1.82, 2.24) is 4.90 Å². The number of hydrogen-bond donors (Lipinski definition) is 1. The molecule has 0 saturated heterocycles. The number of aliphatic hydroxyl groups is 1. The highest BCUT2D eigenvalue weighted by molar-refractivity contribution is 5.12. The van der Waals surface area contributed by atoms with Crippen molar-refractivity contribution in [3.05, 3.63) is 0 Å². The van der Waals surface area contributed by atoms with E-state index in [1.165, 1.54) is 19.3 Å². The van der Waals surface area contributed by atoms with Crippen LogP contribution in [-0.4, -0.2) is 35.2 Å². The second-order valence-electron chi connectivity index (χ2n) is 6.30. The van der Waals surface area contributed by atoms with E-state index in [9.17, 15) is 5.11 Å². The van der Waals surface area contributed by atoms with Crippen LogP contribution >= 0.6 is 0 Å². The normalized spacial score (nSPS) is 55.7. The first-order valence-corrected chi connectivity index (χ1v) is 5.91. The number of nitrogens with zero attached hydrogens (tertiary/aromatic N) is 1. The van der Waals surface area contributed by atoms with Crippen LogP contribution < -0.4 is 0 Å². The molecule has 4 bridgehead atoms. The fourth-order valence-electron chi connectivity index (χ4n) is 4.69. The Morgan fingerprint density at radius 3 is 2.07 bits per heavy atom. The third-order valence-electron chi connectivity index (χ3n) is 4.95. The standard InChI is InChI=1S/C12H21NO/c1-13(2)11-4-9-3-10(5-11)7-12(14,6-9)8-11/h9-10,14H,3-8H2,1-2H3. The summed E-state index contributed by atoms with van der Waals surface area (Å²) in [5.41, 5.74) is 0.0488. The third kappa shape index (κ3) is 1.10. The van der Waals surface area contributed by atoms with Gasteiger partial charge in [-0.25, -0.2) is 0 Å². The van der Waals surface area contributed by atoms with Gasteiger partial charge in [-0.05, 0) is 64.5 Å². The van der Waals surface area contributed by atoms with Crippen molar-refractivity contribution in [3.63, 3.8) is 0 Å². The predicted molar refractivity (Wildman–Crippen MR) is 56.0 cm³/mol. The van der Waals surface area contributed by atoms with Gasteiger partial charge in [-0.15, -0.1) is 0 Å². The van der Waals surface area contributed by atoms with Gasteiger partial charge in [0.25, 0.3) is 0 Å². The van der Waals surface area contributed by atoms with E-state index >= 15 is 0 Å². The van der Waals surface area contributed by atoms with Gasteiger partial charge >= 0.3 is 0 Å². The molecule has 80 valence electrons. The largest absolute Gasteiger partial charge is 0.390 e. The van der Waals surface area contributed by atoms with E-state index in [4.69, 9.17) is 0 Å². The van der Waals surface area contributed by atoms with E-state index in [2.05, 4.69) is 19.0 Å². The minimum Gasteiger partial charge on any atom is -0.390 e. The van der Waals surface area contributed by atoms with Crippen molar-refractivity contribution in [2.24, 2.45) is 11.8 Å². The molecule has 2 atom stereocenters. The summed E-state index contributed by atoms with van der Waals surface area (Å²) in [6.07, 6.45) is 7.24. The summed E-state index contributed by atoms with van der Waals surface area (Å²) in [6, 6.07) is 0. The first-order valence-electron chi connectivity index (χ1n) is 5.91. The van der Waals surface area contributed by atoms with Gasteiger partial charge in [-0.3, -0.25) is 0 Å². The van der Waals surface area contributed by atoms with E-state index in [1.54, 1.807) is 0 Å². The van der Waals surface area contributed by atoms with Crippen LogP contribution in [0, 0.1) is 11.8 Å². The lowest BCUT2D eigenvalue weighted by Crippen LogP contribution is -2.63. The maximum absolute atomic E-state index is 10.5. The first-order chi connectivity index (χ1) is 6.51. The summed E-state index contributed by atoms with van der Waals surface area (Å²) in [5, 5.41) is 10.5. The molecule has 4 aliphatic carbocycles. The molecule has 0 aromatic heterocycles. The molecule has 2 heteroatoms. The SMILES string of the molecule is CN(C)C12CC3CC(CC(O)(C3)C1)C2. The Morgan fingerprint density at radius 2 is 1.64 bits per heavy atom. The van der Waals surface area contributed by atoms with Crippen LogP contribution in [0.3, 0.4) is 0 Å². The molecule has 0 spiro atoms. The minimum absolute atomic E-state index is 0.297. The van der Waals surface area contributed by atoms with Crippen LogP contribution in [0.4, 0.5) is 0 Å². The van der Waals surface area contributed by atoms with Crippen LogP contribution in [0.2, 0.25) is 0 Å². The van der Waals surface area contributed by atoms with Gasteiger partial charge in [0.2, 0.25) is 0 Å². The van der Waals surface area contributed by atoms with E-state index in [1.807, 2.05) is 0 Å². The maximum atomic E-state index is 10.5. The predicted octanol–water partition coefficient (Wildman–Crippen LogP) is 1.63. The molecule has 14 heavy (non-hydrogen) atoms. The fraction of sp³-hybridized carbons (Fsp3) is 1.00. The average Bonchev–Trinajstić information content (AvgIpc) is 1.98. The summed E-state index contributed by atoms with van der Waals surface area (Å²) < 4.78 is 0. The van der Waals surface area contributed by atoms with Crippen molar-refractivity contribution in [2.75, 3.05) is 14.1 Å². The Balaban J connectivity index is 1.96. The monoisotopic (exact) mass is 195 g/mol. The average molecular weight is 195 g/mol. The maximum Gasteiger partial charge on any atom is 0.0670 e. The summed E-state index contributed by atoms with van der Waals surface area (Å²) in [6.45, 7) is 0. The summed E-state index contributed by atoms with van der Waals surface area (Å²) in [5.74, 6) is 1.62. The molecule has 1 N–H and O–H groups in total. The Morgan fingerprint density at radius 1 is 1.07 bits per heavy atom. The van der Waals surface area contributed by atoms with Crippen LogP contribution in [0.25, 0.3) is 0 Å². The lowest BCUT2D eigenvalue weighted by atomic mass is 9.51. The quantitative estimate of drug-likeness (QED) is 0.687. The van der Waals surface area contributed by atoms with Crippen molar-refractivity contribution in [2.45, 2.75) is 49.7 Å². The zero-order valence-corrected chi connectivity index (χ0v) is 9.29. The van der Waals surface area contributed by atoms with Crippen LogP contribution in [0.1, 0.15) is 38.5 Å². The molecular weight excluding hydrogens is 174 g/mol. The fourth-order valence-corrected chi connectivity index (χ4v) is 4.69. The van der Waals surface area contributed by atoms with Crippen molar-refractivity contribution in [3.8, 4) is 0 Å². The Kier molecular flexibility index (Phi) is 1.66. The van der Waals surface area contributed by atoms with E-state index in [0.717, 1.165) is 31.1 Å². The molecule has 4 saturated carbocycles. The van der Waals surface area contributed by atoms with Crippen LogP contribution in [0.15, 0.2) is 0 Å². The number of hydrogen-bond acceptors (Lipinski definition) is 2. The molecule has 0 radical (unpaired) electrons. The van der Waals surface area contributed by atoms with E-state index in [0.29, 0.717) is 5.54 Å². The molecule has 0 aromatic rings. The first kappa shape index (κ1) is 9.17. The molecule has 4 fully saturated rings. The Hall–Kier alpha value is -0.0800. The van der Waals surface area contributed by atoms with Gasteiger partial charge < -0.3 is 10.0 Å². The van der Waals surface area contributed by atoms with Crippen molar-refractivity contribution < 1.29 is 5.11 Å². The molecule has 2 nitrogen and oxygen atoms in total. The molecule has 4 rings (SSSR count). The summed E-state index contributed by atoms with van der Waals surface area (Å²) in [4.78, 5) is 2.38. The summed E-state index contributed by atoms with van der Waals surface area (Å²) in [7, 11) is 4.38. The van der Waals surface area contributed by atoms with Gasteiger partial charge in [0.15, 0.2) is 0 Å². The lowest BCUT2D eigenvalue weighted by Gasteiger charge is -2.62. The smallest absolute Gasteiger partial charge is 0.0670 e. The van der Waals surface area contributed by atoms with Crippen LogP contribution in [-0.2, 0) is 0 Å². The van der Waals surface area contributed by atoms with Gasteiger partial charge in [0.1, 0.15) is 0 Å². The Labute approximate surface area is 86.3 Å². The van der Waals surface area contributed by atoms with E-state index in [-0.39, 0.29) is 5.60 Å². The number of rotatable bonds is 1. The highest BCUT2D eigenvalue weighted by Crippen LogP contribution is 2.58. The molecule has 2 unspecified atom stereocenters. The highest BCUT2D eigenvalue weighted by Gasteiger charge is 2.57. The molecular formula is C12H21NO. The van der Waals surface area contributed by atoms with Gasteiger partial charge in [0, 0.05) is 5.54 Å². The molecule has 0 heterocycles. The summed E-state index contributed by atoms with van der Waals surface area (Å²) >= 11 is 0. The third-order valence-corrected chi connectivity index (χ3v) is 4.95.